The Morgan fingerprint density at radius 1 is 1.21 bits per heavy atom. The number of aliphatic carboxylic acids is 1. The molecule has 0 saturated carbocycles. The Bertz CT molecular complexity index is 428. The fraction of sp³-hybridized carbons (Fsp3) is 0.429. The molecule has 19 heavy (non-hydrogen) atoms. The molecule has 5 heteroatoms. The van der Waals surface area contributed by atoms with E-state index in [1.165, 1.54) is 4.90 Å². The van der Waals surface area contributed by atoms with E-state index < -0.39 is 5.97 Å². The molecule has 1 N–H and O–H groups in total. The molecule has 1 aromatic carbocycles. The van der Waals surface area contributed by atoms with Crippen molar-refractivity contribution < 1.29 is 19.4 Å². The van der Waals surface area contributed by atoms with Gasteiger partial charge in [-0.25, -0.2) is 0 Å². The largest absolute Gasteiger partial charge is 0.494 e. The minimum Gasteiger partial charge on any atom is -0.494 e. The minimum absolute atomic E-state index is 0.0306. The molecular formula is C14H19NO4. The zero-order chi connectivity index (χ0) is 14.3. The van der Waals surface area contributed by atoms with E-state index in [-0.39, 0.29) is 18.7 Å². The second kappa shape index (κ2) is 7.41. The van der Waals surface area contributed by atoms with Crippen LogP contribution >= 0.6 is 0 Å². The van der Waals surface area contributed by atoms with Gasteiger partial charge in [-0.2, -0.15) is 0 Å². The summed E-state index contributed by atoms with van der Waals surface area (Å²) in [5.74, 6) is -0.329. The third-order valence-electron chi connectivity index (χ3n) is 2.63. The van der Waals surface area contributed by atoms with Crippen LogP contribution < -0.4 is 4.74 Å². The topological polar surface area (TPSA) is 66.8 Å². The van der Waals surface area contributed by atoms with Gasteiger partial charge in [-0.15, -0.1) is 0 Å². The van der Waals surface area contributed by atoms with Crippen molar-refractivity contribution >= 4 is 11.9 Å². The zero-order valence-electron chi connectivity index (χ0n) is 11.3. The summed E-state index contributed by atoms with van der Waals surface area (Å²) in [4.78, 5) is 23.6. The maximum Gasteiger partial charge on any atom is 0.303 e. The number of carboxylic acid groups (broad SMARTS) is 1. The lowest BCUT2D eigenvalue weighted by Gasteiger charge is -2.17. The maximum absolute atomic E-state index is 11.7. The van der Waals surface area contributed by atoms with E-state index >= 15 is 0 Å². The van der Waals surface area contributed by atoms with E-state index in [0.717, 1.165) is 11.3 Å². The molecule has 0 saturated heterocycles. The summed E-state index contributed by atoms with van der Waals surface area (Å²) in [6, 6.07) is 7.50. The molecular weight excluding hydrogens is 246 g/mol. The summed E-state index contributed by atoms with van der Waals surface area (Å²) in [5.41, 5.74) is 0.981. The molecule has 0 spiro atoms. The van der Waals surface area contributed by atoms with E-state index in [2.05, 4.69) is 0 Å². The Morgan fingerprint density at radius 2 is 1.84 bits per heavy atom. The molecule has 1 rings (SSSR count). The maximum atomic E-state index is 11.7. The standard InChI is InChI=1S/C14H19NO4/c1-3-19-12-6-4-11(5-7-12)10-15(2)13(16)8-9-14(17)18/h4-7H,3,8-10H2,1-2H3,(H,17,18). The van der Waals surface area contributed by atoms with Crippen LogP contribution in [-0.2, 0) is 16.1 Å². The lowest BCUT2D eigenvalue weighted by molar-refractivity contribution is -0.140. The first-order valence-electron chi connectivity index (χ1n) is 6.20. The van der Waals surface area contributed by atoms with Crippen molar-refractivity contribution in [2.75, 3.05) is 13.7 Å². The van der Waals surface area contributed by atoms with Crippen molar-refractivity contribution in [3.05, 3.63) is 29.8 Å². The Morgan fingerprint density at radius 3 is 2.37 bits per heavy atom. The van der Waals surface area contributed by atoms with E-state index in [9.17, 15) is 9.59 Å². The summed E-state index contributed by atoms with van der Waals surface area (Å²) in [5, 5.41) is 8.53. The van der Waals surface area contributed by atoms with Crippen molar-refractivity contribution in [2.45, 2.75) is 26.3 Å². The van der Waals surface area contributed by atoms with Gasteiger partial charge >= 0.3 is 5.97 Å². The van der Waals surface area contributed by atoms with E-state index in [0.29, 0.717) is 13.2 Å². The minimum atomic E-state index is -0.956. The highest BCUT2D eigenvalue weighted by Gasteiger charge is 2.11. The molecule has 0 aliphatic carbocycles. The lowest BCUT2D eigenvalue weighted by atomic mass is 10.2. The van der Waals surface area contributed by atoms with Gasteiger partial charge in [0.1, 0.15) is 5.75 Å². The van der Waals surface area contributed by atoms with Crippen molar-refractivity contribution in [1.29, 1.82) is 0 Å². The van der Waals surface area contributed by atoms with Crippen molar-refractivity contribution in [3.63, 3.8) is 0 Å². The van der Waals surface area contributed by atoms with Gasteiger partial charge in [-0.1, -0.05) is 12.1 Å². The van der Waals surface area contributed by atoms with Gasteiger partial charge in [0.2, 0.25) is 5.91 Å². The quantitative estimate of drug-likeness (QED) is 0.817. The first-order valence-corrected chi connectivity index (χ1v) is 6.20. The number of carbonyl (C=O) groups is 2. The van der Waals surface area contributed by atoms with Crippen LogP contribution in [0.4, 0.5) is 0 Å². The Labute approximate surface area is 112 Å². The van der Waals surface area contributed by atoms with E-state index in [1.807, 2.05) is 31.2 Å². The van der Waals surface area contributed by atoms with Crippen LogP contribution in [0.1, 0.15) is 25.3 Å². The van der Waals surface area contributed by atoms with Crippen LogP contribution in [0.25, 0.3) is 0 Å². The third-order valence-corrected chi connectivity index (χ3v) is 2.63. The highest BCUT2D eigenvalue weighted by molar-refractivity contribution is 5.80. The number of hydrogen-bond donors (Lipinski definition) is 1. The fourth-order valence-corrected chi connectivity index (χ4v) is 1.62. The summed E-state index contributed by atoms with van der Waals surface area (Å²) in [7, 11) is 1.67. The summed E-state index contributed by atoms with van der Waals surface area (Å²) >= 11 is 0. The van der Waals surface area contributed by atoms with Crippen LogP contribution in [-0.4, -0.2) is 35.5 Å². The number of nitrogens with zero attached hydrogens (tertiary/aromatic N) is 1. The van der Waals surface area contributed by atoms with Gasteiger partial charge in [0.15, 0.2) is 0 Å². The highest BCUT2D eigenvalue weighted by Crippen LogP contribution is 2.13. The first-order chi connectivity index (χ1) is 9.02. The summed E-state index contributed by atoms with van der Waals surface area (Å²) < 4.78 is 5.33. The van der Waals surface area contributed by atoms with Crippen LogP contribution in [0, 0.1) is 0 Å². The molecule has 0 aliphatic rings. The normalized spacial score (nSPS) is 10.0. The van der Waals surface area contributed by atoms with Crippen molar-refractivity contribution in [3.8, 4) is 5.75 Å². The molecule has 5 nitrogen and oxygen atoms in total. The SMILES string of the molecule is CCOc1ccc(CN(C)C(=O)CCC(=O)O)cc1. The zero-order valence-corrected chi connectivity index (χ0v) is 11.3. The predicted molar refractivity (Wildman–Crippen MR) is 71.0 cm³/mol. The molecule has 0 aromatic heterocycles. The van der Waals surface area contributed by atoms with Gasteiger partial charge in [-0.05, 0) is 24.6 Å². The van der Waals surface area contributed by atoms with E-state index in [4.69, 9.17) is 9.84 Å². The van der Waals surface area contributed by atoms with Crippen LogP contribution in [0.15, 0.2) is 24.3 Å². The van der Waals surface area contributed by atoms with Crippen molar-refractivity contribution in [1.82, 2.24) is 4.90 Å². The van der Waals surface area contributed by atoms with Crippen molar-refractivity contribution in [2.24, 2.45) is 0 Å². The molecule has 0 aliphatic heterocycles. The number of hydrogen-bond acceptors (Lipinski definition) is 3. The fourth-order valence-electron chi connectivity index (χ4n) is 1.62. The molecule has 0 unspecified atom stereocenters. The molecule has 0 atom stereocenters. The summed E-state index contributed by atoms with van der Waals surface area (Å²) in [6.45, 7) is 3.00. The second-order valence-electron chi connectivity index (χ2n) is 4.22. The number of carbonyl (C=O) groups excluding carboxylic acids is 1. The molecule has 0 fully saturated rings. The van der Waals surface area contributed by atoms with Gasteiger partial charge in [0, 0.05) is 20.0 Å². The monoisotopic (exact) mass is 265 g/mol. The number of rotatable bonds is 7. The summed E-state index contributed by atoms with van der Waals surface area (Å²) in [6.07, 6.45) is -0.102. The Kier molecular flexibility index (Phi) is 5.85. The lowest BCUT2D eigenvalue weighted by Crippen LogP contribution is -2.26. The second-order valence-corrected chi connectivity index (χ2v) is 4.22. The Hall–Kier alpha value is -2.04. The highest BCUT2D eigenvalue weighted by atomic mass is 16.5. The molecule has 1 aromatic rings. The average molecular weight is 265 g/mol. The molecule has 0 bridgehead atoms. The molecule has 0 heterocycles. The first kappa shape index (κ1) is 15.0. The number of amides is 1. The molecule has 1 amide bonds. The molecule has 0 radical (unpaired) electrons. The molecule has 104 valence electrons. The van der Waals surface area contributed by atoms with Crippen LogP contribution in [0.2, 0.25) is 0 Å². The number of carboxylic acids is 1. The van der Waals surface area contributed by atoms with Crippen LogP contribution in [0.3, 0.4) is 0 Å². The van der Waals surface area contributed by atoms with Gasteiger partial charge in [0.05, 0.1) is 13.0 Å². The van der Waals surface area contributed by atoms with Gasteiger partial charge in [0.25, 0.3) is 0 Å². The van der Waals surface area contributed by atoms with Gasteiger partial charge < -0.3 is 14.7 Å². The Balaban J connectivity index is 2.49. The third kappa shape index (κ3) is 5.42. The average Bonchev–Trinajstić information content (AvgIpc) is 2.38. The van der Waals surface area contributed by atoms with Crippen LogP contribution in [0.5, 0.6) is 5.75 Å². The smallest absolute Gasteiger partial charge is 0.303 e. The van der Waals surface area contributed by atoms with E-state index in [1.54, 1.807) is 7.05 Å². The number of ether oxygens (including phenoxy) is 1. The number of benzene rings is 1. The predicted octanol–water partition coefficient (Wildman–Crippen LogP) is 1.91. The van der Waals surface area contributed by atoms with Gasteiger partial charge in [-0.3, -0.25) is 9.59 Å².